The molecule has 3 aromatic rings. The van der Waals surface area contributed by atoms with Gasteiger partial charge in [-0.2, -0.15) is 4.52 Å². The van der Waals surface area contributed by atoms with Crippen LogP contribution in [-0.2, 0) is 4.74 Å². The molecule has 1 saturated heterocycles. The minimum atomic E-state index is 0.762. The summed E-state index contributed by atoms with van der Waals surface area (Å²) < 4.78 is 7.32. The molecule has 0 radical (unpaired) electrons. The summed E-state index contributed by atoms with van der Waals surface area (Å²) in [7, 11) is 0. The fourth-order valence-corrected chi connectivity index (χ4v) is 3.55. The van der Waals surface area contributed by atoms with Crippen LogP contribution in [0.2, 0.25) is 0 Å². The second-order valence-corrected chi connectivity index (χ2v) is 6.84. The highest BCUT2D eigenvalue weighted by Crippen LogP contribution is 2.24. The van der Waals surface area contributed by atoms with Crippen LogP contribution in [-0.4, -0.2) is 59.0 Å². The normalized spacial score (nSPS) is 16.0. The number of aromatic nitrogens is 4. The molecule has 7 nitrogen and oxygen atoms in total. The quantitative estimate of drug-likeness (QED) is 0.725. The molecule has 0 bridgehead atoms. The molecule has 2 N–H and O–H groups in total. The summed E-state index contributed by atoms with van der Waals surface area (Å²) in [5.41, 5.74) is 4.77. The Bertz CT molecular complexity index is 913. The van der Waals surface area contributed by atoms with Crippen molar-refractivity contribution < 1.29 is 9.64 Å². The lowest BCUT2D eigenvalue weighted by Gasteiger charge is -2.23. The zero-order chi connectivity index (χ0) is 17.4. The molecule has 3 aromatic heterocycles. The van der Waals surface area contributed by atoms with E-state index in [1.54, 1.807) is 4.90 Å². The first-order valence-corrected chi connectivity index (χ1v) is 8.91. The van der Waals surface area contributed by atoms with Crippen LogP contribution >= 0.6 is 0 Å². The van der Waals surface area contributed by atoms with E-state index in [0.717, 1.165) is 73.3 Å². The van der Waals surface area contributed by atoms with Gasteiger partial charge in [-0.3, -0.25) is 0 Å². The number of quaternary nitrogens is 1. The zero-order valence-electron chi connectivity index (χ0n) is 15.1. The summed E-state index contributed by atoms with van der Waals surface area (Å²) in [4.78, 5) is 10.9. The summed E-state index contributed by atoms with van der Waals surface area (Å²) in [5.74, 6) is 0.977. The third-order valence-corrected chi connectivity index (χ3v) is 4.79. The van der Waals surface area contributed by atoms with Crippen LogP contribution in [0, 0.1) is 20.8 Å². The number of nitrogens with zero attached hydrogens (tertiary/aromatic N) is 4. The molecule has 1 aliphatic rings. The van der Waals surface area contributed by atoms with E-state index < -0.39 is 0 Å². The molecule has 0 aromatic carbocycles. The van der Waals surface area contributed by atoms with Gasteiger partial charge in [0.2, 0.25) is 0 Å². The number of nitrogens with one attached hydrogen (secondary N) is 2. The van der Waals surface area contributed by atoms with E-state index in [2.05, 4.69) is 29.4 Å². The topological polar surface area (TPSA) is 68.8 Å². The number of pyridine rings is 1. The number of morpholine rings is 1. The Morgan fingerprint density at radius 2 is 1.88 bits per heavy atom. The SMILES string of the molecule is Cc1cc(C)c2c(n1)nn1c(NCC[NH+]3CCOCC3)cc(C)nc21. The minimum Gasteiger partial charge on any atom is -0.370 e. The molecular weight excluding hydrogens is 316 g/mol. The number of rotatable bonds is 4. The average molecular weight is 341 g/mol. The average Bonchev–Trinajstić information content (AvgIpc) is 2.94. The molecule has 132 valence electrons. The lowest BCUT2D eigenvalue weighted by Crippen LogP contribution is -3.14. The zero-order valence-corrected chi connectivity index (χ0v) is 15.1. The number of fused-ring (bicyclic) bond motifs is 3. The largest absolute Gasteiger partial charge is 0.370 e. The predicted octanol–water partition coefficient (Wildman–Crippen LogP) is 0.530. The van der Waals surface area contributed by atoms with Crippen molar-refractivity contribution in [3.63, 3.8) is 0 Å². The third-order valence-electron chi connectivity index (χ3n) is 4.79. The highest BCUT2D eigenvalue weighted by molar-refractivity contribution is 5.93. The van der Waals surface area contributed by atoms with Crippen molar-refractivity contribution in [1.29, 1.82) is 0 Å². The Balaban J connectivity index is 1.65. The van der Waals surface area contributed by atoms with Crippen molar-refractivity contribution in [2.75, 3.05) is 44.7 Å². The van der Waals surface area contributed by atoms with Gasteiger partial charge in [-0.15, -0.1) is 5.10 Å². The molecule has 0 aliphatic carbocycles. The molecule has 1 aliphatic heterocycles. The number of anilines is 1. The van der Waals surface area contributed by atoms with E-state index in [-0.39, 0.29) is 0 Å². The monoisotopic (exact) mass is 341 g/mol. The highest BCUT2D eigenvalue weighted by Gasteiger charge is 2.16. The standard InChI is InChI=1S/C18H24N6O/c1-12-10-13(2)20-17-16(12)18-21-14(3)11-15(24(18)22-17)19-4-5-23-6-8-25-9-7-23/h10-11,19H,4-9H2,1-3H3/p+1. The first kappa shape index (κ1) is 16.2. The molecule has 1 fully saturated rings. The maximum atomic E-state index is 5.42. The second-order valence-electron chi connectivity index (χ2n) is 6.84. The summed E-state index contributed by atoms with van der Waals surface area (Å²) in [6.07, 6.45) is 0. The van der Waals surface area contributed by atoms with Crippen LogP contribution in [0.15, 0.2) is 12.1 Å². The van der Waals surface area contributed by atoms with E-state index in [4.69, 9.17) is 14.8 Å². The number of aryl methyl sites for hydroxylation is 3. The van der Waals surface area contributed by atoms with Gasteiger partial charge in [-0.1, -0.05) is 0 Å². The molecule has 25 heavy (non-hydrogen) atoms. The Morgan fingerprint density at radius 3 is 2.68 bits per heavy atom. The predicted molar refractivity (Wildman–Crippen MR) is 97.4 cm³/mol. The molecule has 4 rings (SSSR count). The summed E-state index contributed by atoms with van der Waals surface area (Å²) in [6, 6.07) is 4.14. The minimum absolute atomic E-state index is 0.762. The van der Waals surface area contributed by atoms with Gasteiger partial charge in [0.25, 0.3) is 0 Å². The van der Waals surface area contributed by atoms with Gasteiger partial charge in [0.1, 0.15) is 18.9 Å². The Morgan fingerprint density at radius 1 is 1.12 bits per heavy atom. The van der Waals surface area contributed by atoms with Gasteiger partial charge in [-0.25, -0.2) is 9.97 Å². The number of hydrogen-bond acceptors (Lipinski definition) is 5. The highest BCUT2D eigenvalue weighted by atomic mass is 16.5. The summed E-state index contributed by atoms with van der Waals surface area (Å²) in [6.45, 7) is 12.0. The summed E-state index contributed by atoms with van der Waals surface area (Å²) >= 11 is 0. The molecular formula is C18H25N6O+. The van der Waals surface area contributed by atoms with Gasteiger partial charge >= 0.3 is 0 Å². The van der Waals surface area contributed by atoms with E-state index in [1.807, 2.05) is 18.4 Å². The van der Waals surface area contributed by atoms with Gasteiger partial charge in [0, 0.05) is 17.5 Å². The van der Waals surface area contributed by atoms with E-state index in [1.165, 1.54) is 5.56 Å². The maximum Gasteiger partial charge on any atom is 0.184 e. The Labute approximate surface area is 147 Å². The first-order chi connectivity index (χ1) is 12.1. The van der Waals surface area contributed by atoms with Crippen LogP contribution in [0.5, 0.6) is 0 Å². The first-order valence-electron chi connectivity index (χ1n) is 8.91. The van der Waals surface area contributed by atoms with Crippen molar-refractivity contribution in [2.45, 2.75) is 20.8 Å². The van der Waals surface area contributed by atoms with Crippen LogP contribution in [0.3, 0.4) is 0 Å². The van der Waals surface area contributed by atoms with Gasteiger partial charge in [0.15, 0.2) is 11.3 Å². The van der Waals surface area contributed by atoms with Gasteiger partial charge < -0.3 is 15.0 Å². The Hall–Kier alpha value is -2.25. The summed E-state index contributed by atoms with van der Waals surface area (Å²) in [5, 5.41) is 9.28. The molecule has 0 amide bonds. The Kier molecular flexibility index (Phi) is 4.27. The van der Waals surface area contributed by atoms with Crippen molar-refractivity contribution in [3.05, 3.63) is 29.1 Å². The fraction of sp³-hybridized carbons (Fsp3) is 0.500. The van der Waals surface area contributed by atoms with Crippen LogP contribution in [0.25, 0.3) is 16.7 Å². The van der Waals surface area contributed by atoms with Crippen molar-refractivity contribution in [3.8, 4) is 0 Å². The fourth-order valence-electron chi connectivity index (χ4n) is 3.55. The van der Waals surface area contributed by atoms with Gasteiger partial charge in [-0.05, 0) is 32.4 Å². The molecule has 0 saturated carbocycles. The van der Waals surface area contributed by atoms with Gasteiger partial charge in [0.05, 0.1) is 31.7 Å². The van der Waals surface area contributed by atoms with Crippen LogP contribution in [0.1, 0.15) is 17.0 Å². The molecule has 0 unspecified atom stereocenters. The number of hydrogen-bond donors (Lipinski definition) is 2. The molecule has 0 atom stereocenters. The van der Waals surface area contributed by atoms with Crippen LogP contribution in [0.4, 0.5) is 5.82 Å². The molecule has 4 heterocycles. The van der Waals surface area contributed by atoms with Crippen molar-refractivity contribution in [2.24, 2.45) is 0 Å². The third kappa shape index (κ3) is 3.17. The van der Waals surface area contributed by atoms with Crippen molar-refractivity contribution in [1.82, 2.24) is 19.6 Å². The maximum absolute atomic E-state index is 5.42. The smallest absolute Gasteiger partial charge is 0.184 e. The second kappa shape index (κ2) is 6.57. The molecule has 0 spiro atoms. The van der Waals surface area contributed by atoms with Crippen LogP contribution < -0.4 is 10.2 Å². The van der Waals surface area contributed by atoms with E-state index in [0.29, 0.717) is 0 Å². The lowest BCUT2D eigenvalue weighted by atomic mass is 10.2. The van der Waals surface area contributed by atoms with E-state index in [9.17, 15) is 0 Å². The lowest BCUT2D eigenvalue weighted by molar-refractivity contribution is -0.906. The van der Waals surface area contributed by atoms with E-state index >= 15 is 0 Å². The molecule has 7 heteroatoms. The van der Waals surface area contributed by atoms with Crippen molar-refractivity contribution >= 4 is 22.5 Å². The number of ether oxygens (including phenoxy) is 1.